The van der Waals surface area contributed by atoms with Crippen LogP contribution in [0.2, 0.25) is 0 Å². The summed E-state index contributed by atoms with van der Waals surface area (Å²) < 4.78 is 0. The molecule has 114 valence electrons. The summed E-state index contributed by atoms with van der Waals surface area (Å²) in [5.74, 6) is 0.471. The van der Waals surface area contributed by atoms with Crippen LogP contribution >= 0.6 is 0 Å². The molecule has 0 radical (unpaired) electrons. The Morgan fingerprint density at radius 3 is 2.91 bits per heavy atom. The van der Waals surface area contributed by atoms with Gasteiger partial charge in [0.15, 0.2) is 0 Å². The minimum atomic E-state index is -0.0140. The number of piperidine rings is 1. The minimum Gasteiger partial charge on any atom is -0.337 e. The van der Waals surface area contributed by atoms with Gasteiger partial charge in [0.1, 0.15) is 5.69 Å². The van der Waals surface area contributed by atoms with Crippen molar-refractivity contribution in [2.45, 2.75) is 26.2 Å². The van der Waals surface area contributed by atoms with Gasteiger partial charge in [0.2, 0.25) is 0 Å². The number of amides is 1. The Hall–Kier alpha value is -2.30. The minimum absolute atomic E-state index is 0.0140. The molecule has 1 amide bonds. The average Bonchev–Trinajstić information content (AvgIpc) is 2.57. The van der Waals surface area contributed by atoms with Crippen molar-refractivity contribution in [3.63, 3.8) is 0 Å². The molecular weight excluding hydrogens is 276 g/mol. The first kappa shape index (κ1) is 14.6. The normalized spacial score (nSPS) is 18.2. The van der Waals surface area contributed by atoms with Gasteiger partial charge in [0.25, 0.3) is 5.91 Å². The third kappa shape index (κ3) is 3.47. The number of hydrogen-bond donors (Lipinski definition) is 0. The Bertz CT molecular complexity index is 627. The molecule has 2 aromatic heterocycles. The largest absolute Gasteiger partial charge is 0.337 e. The fourth-order valence-corrected chi connectivity index (χ4v) is 2.94. The van der Waals surface area contributed by atoms with E-state index in [-0.39, 0.29) is 5.91 Å². The fraction of sp³-hybridized carbons (Fsp3) is 0.412. The lowest BCUT2D eigenvalue weighted by molar-refractivity contribution is 0.0667. The Morgan fingerprint density at radius 2 is 2.18 bits per heavy atom. The second-order valence-corrected chi connectivity index (χ2v) is 5.86. The van der Waals surface area contributed by atoms with Crippen molar-refractivity contribution in [1.82, 2.24) is 19.9 Å². The van der Waals surface area contributed by atoms with Crippen LogP contribution in [0.15, 0.2) is 36.9 Å². The van der Waals surface area contributed by atoms with Gasteiger partial charge in [-0.05, 0) is 43.7 Å². The summed E-state index contributed by atoms with van der Waals surface area (Å²) in [4.78, 5) is 26.8. The van der Waals surface area contributed by atoms with Gasteiger partial charge in [-0.2, -0.15) is 0 Å². The molecule has 0 N–H and O–H groups in total. The molecule has 0 bridgehead atoms. The predicted octanol–water partition coefficient (Wildman–Crippen LogP) is 2.27. The van der Waals surface area contributed by atoms with E-state index in [4.69, 9.17) is 0 Å². The summed E-state index contributed by atoms with van der Waals surface area (Å²) in [5, 5.41) is 0. The monoisotopic (exact) mass is 296 g/mol. The molecule has 1 atom stereocenters. The Labute approximate surface area is 130 Å². The number of rotatable bonds is 3. The number of carbonyl (C=O) groups excluding carboxylic acids is 1. The van der Waals surface area contributed by atoms with Crippen molar-refractivity contribution in [2.75, 3.05) is 13.1 Å². The van der Waals surface area contributed by atoms with Crippen molar-refractivity contribution in [3.05, 3.63) is 53.9 Å². The molecule has 5 heteroatoms. The summed E-state index contributed by atoms with van der Waals surface area (Å²) in [7, 11) is 0. The van der Waals surface area contributed by atoms with Crippen LogP contribution in [0.1, 0.15) is 34.6 Å². The molecule has 0 unspecified atom stereocenters. The van der Waals surface area contributed by atoms with Gasteiger partial charge < -0.3 is 4.90 Å². The SMILES string of the molecule is Cc1ccc(C[C@H]2CCCN(C(=O)c3cnccn3)C2)cn1. The van der Waals surface area contributed by atoms with E-state index in [1.54, 1.807) is 12.4 Å². The molecule has 5 nitrogen and oxygen atoms in total. The number of likely N-dealkylation sites (tertiary alicyclic amines) is 1. The lowest BCUT2D eigenvalue weighted by Crippen LogP contribution is -2.40. The second kappa shape index (κ2) is 6.64. The molecule has 0 aromatic carbocycles. The quantitative estimate of drug-likeness (QED) is 0.872. The van der Waals surface area contributed by atoms with Gasteiger partial charge in [-0.25, -0.2) is 4.98 Å². The molecule has 1 aliphatic heterocycles. The predicted molar refractivity (Wildman–Crippen MR) is 83.3 cm³/mol. The van der Waals surface area contributed by atoms with Crippen molar-refractivity contribution < 1.29 is 4.79 Å². The van der Waals surface area contributed by atoms with Gasteiger partial charge in [-0.15, -0.1) is 0 Å². The van der Waals surface area contributed by atoms with E-state index in [1.165, 1.54) is 11.8 Å². The molecule has 1 saturated heterocycles. The summed E-state index contributed by atoms with van der Waals surface area (Å²) >= 11 is 0. The summed E-state index contributed by atoms with van der Waals surface area (Å²) in [6.45, 7) is 3.58. The average molecular weight is 296 g/mol. The third-order valence-electron chi connectivity index (χ3n) is 4.09. The zero-order chi connectivity index (χ0) is 15.4. The molecule has 2 aromatic rings. The van der Waals surface area contributed by atoms with E-state index in [0.717, 1.165) is 38.0 Å². The highest BCUT2D eigenvalue weighted by molar-refractivity contribution is 5.92. The first-order valence-electron chi connectivity index (χ1n) is 7.69. The van der Waals surface area contributed by atoms with Crippen molar-refractivity contribution in [1.29, 1.82) is 0 Å². The van der Waals surface area contributed by atoms with Gasteiger partial charge in [0, 0.05) is 37.4 Å². The molecule has 22 heavy (non-hydrogen) atoms. The lowest BCUT2D eigenvalue weighted by Gasteiger charge is -2.32. The molecule has 3 rings (SSSR count). The zero-order valence-corrected chi connectivity index (χ0v) is 12.8. The van der Waals surface area contributed by atoms with Crippen LogP contribution < -0.4 is 0 Å². The Balaban J connectivity index is 1.64. The van der Waals surface area contributed by atoms with E-state index in [2.05, 4.69) is 21.0 Å². The highest BCUT2D eigenvalue weighted by atomic mass is 16.2. The van der Waals surface area contributed by atoms with E-state index < -0.39 is 0 Å². The molecule has 0 saturated carbocycles. The topological polar surface area (TPSA) is 59.0 Å². The standard InChI is InChI=1S/C17H20N4O/c1-13-4-5-14(10-20-13)9-15-3-2-8-21(12-15)17(22)16-11-18-6-7-19-16/h4-7,10-11,15H,2-3,8-9,12H2,1H3/t15-/m1/s1. The number of hydrogen-bond acceptors (Lipinski definition) is 4. The van der Waals surface area contributed by atoms with E-state index in [1.807, 2.05) is 24.1 Å². The smallest absolute Gasteiger partial charge is 0.274 e. The molecule has 3 heterocycles. The van der Waals surface area contributed by atoms with Crippen LogP contribution in [-0.4, -0.2) is 38.8 Å². The van der Waals surface area contributed by atoms with Crippen molar-refractivity contribution in [3.8, 4) is 0 Å². The number of aromatic nitrogens is 3. The maximum atomic E-state index is 12.5. The van der Waals surface area contributed by atoms with Crippen molar-refractivity contribution >= 4 is 5.91 Å². The van der Waals surface area contributed by atoms with Gasteiger partial charge in [-0.1, -0.05) is 6.07 Å². The molecule has 1 aliphatic rings. The number of pyridine rings is 1. The van der Waals surface area contributed by atoms with Crippen LogP contribution in [0, 0.1) is 12.8 Å². The lowest BCUT2D eigenvalue weighted by atomic mass is 9.91. The molecule has 0 spiro atoms. The summed E-state index contributed by atoms with van der Waals surface area (Å²) in [6, 6.07) is 4.17. The number of nitrogens with zero attached hydrogens (tertiary/aromatic N) is 4. The van der Waals surface area contributed by atoms with Crippen molar-refractivity contribution in [2.24, 2.45) is 5.92 Å². The van der Waals surface area contributed by atoms with Crippen LogP contribution in [0.3, 0.4) is 0 Å². The van der Waals surface area contributed by atoms with Gasteiger partial charge in [-0.3, -0.25) is 14.8 Å². The van der Waals surface area contributed by atoms with Crippen LogP contribution in [0.5, 0.6) is 0 Å². The summed E-state index contributed by atoms with van der Waals surface area (Å²) in [5.41, 5.74) is 2.71. The van der Waals surface area contributed by atoms with Crippen LogP contribution in [0.25, 0.3) is 0 Å². The highest BCUT2D eigenvalue weighted by Gasteiger charge is 2.25. The second-order valence-electron chi connectivity index (χ2n) is 5.86. The molecule has 1 fully saturated rings. The number of carbonyl (C=O) groups is 1. The van der Waals surface area contributed by atoms with E-state index >= 15 is 0 Å². The Morgan fingerprint density at radius 1 is 1.27 bits per heavy atom. The molecule has 0 aliphatic carbocycles. The fourth-order valence-electron chi connectivity index (χ4n) is 2.94. The van der Waals surface area contributed by atoms with Crippen LogP contribution in [0.4, 0.5) is 0 Å². The maximum absolute atomic E-state index is 12.5. The van der Waals surface area contributed by atoms with Crippen LogP contribution in [-0.2, 0) is 6.42 Å². The first-order chi connectivity index (χ1) is 10.7. The molecular formula is C17H20N4O. The highest BCUT2D eigenvalue weighted by Crippen LogP contribution is 2.21. The summed E-state index contributed by atoms with van der Waals surface area (Å²) in [6.07, 6.45) is 9.78. The number of aryl methyl sites for hydroxylation is 1. The van der Waals surface area contributed by atoms with E-state index in [0.29, 0.717) is 11.6 Å². The first-order valence-corrected chi connectivity index (χ1v) is 7.69. The maximum Gasteiger partial charge on any atom is 0.274 e. The van der Waals surface area contributed by atoms with Gasteiger partial charge >= 0.3 is 0 Å². The van der Waals surface area contributed by atoms with Gasteiger partial charge in [0.05, 0.1) is 6.20 Å². The van der Waals surface area contributed by atoms with E-state index in [9.17, 15) is 4.79 Å². The zero-order valence-electron chi connectivity index (χ0n) is 12.8. The Kier molecular flexibility index (Phi) is 4.42. The third-order valence-corrected chi connectivity index (χ3v) is 4.09.